The van der Waals surface area contributed by atoms with Gasteiger partial charge < -0.3 is 9.84 Å². The number of hydrogen-bond acceptors (Lipinski definition) is 4. The Bertz CT molecular complexity index is 943. The summed E-state index contributed by atoms with van der Waals surface area (Å²) in [5, 5.41) is 11.5. The van der Waals surface area contributed by atoms with E-state index in [9.17, 15) is 5.11 Å². The van der Waals surface area contributed by atoms with Crippen LogP contribution in [0.25, 0.3) is 22.2 Å². The molecule has 1 saturated heterocycles. The molecule has 0 bridgehead atoms. The van der Waals surface area contributed by atoms with E-state index in [1.807, 2.05) is 42.5 Å². The van der Waals surface area contributed by atoms with Crippen molar-refractivity contribution in [2.45, 2.75) is 25.4 Å². The molecule has 0 aliphatic carbocycles. The number of likely N-dealkylation sites (tertiary alicyclic amines) is 1. The number of pyridine rings is 1. The van der Waals surface area contributed by atoms with E-state index in [1.165, 1.54) is 0 Å². The predicted octanol–water partition coefficient (Wildman–Crippen LogP) is 4.52. The van der Waals surface area contributed by atoms with E-state index < -0.39 is 0 Å². The first-order chi connectivity index (χ1) is 13.2. The highest BCUT2D eigenvalue weighted by atomic mass is 35.5. The predicted molar refractivity (Wildman–Crippen MR) is 109 cm³/mol. The van der Waals surface area contributed by atoms with Crippen LogP contribution in [0.5, 0.6) is 5.75 Å². The second kappa shape index (κ2) is 7.85. The Labute approximate surface area is 164 Å². The van der Waals surface area contributed by atoms with Crippen LogP contribution in [-0.4, -0.2) is 41.3 Å². The van der Waals surface area contributed by atoms with Gasteiger partial charge >= 0.3 is 0 Å². The lowest BCUT2D eigenvalue weighted by Crippen LogP contribution is -2.31. The van der Waals surface area contributed by atoms with E-state index in [4.69, 9.17) is 21.3 Å². The van der Waals surface area contributed by atoms with Gasteiger partial charge in [-0.2, -0.15) is 0 Å². The number of halogens is 1. The molecule has 27 heavy (non-hydrogen) atoms. The molecule has 4 nitrogen and oxygen atoms in total. The number of aliphatic hydroxyl groups is 1. The Hall–Kier alpha value is -2.14. The fourth-order valence-electron chi connectivity index (χ4n) is 3.82. The first-order valence-corrected chi connectivity index (χ1v) is 9.64. The zero-order valence-corrected chi connectivity index (χ0v) is 16.1. The highest BCUT2D eigenvalue weighted by molar-refractivity contribution is 6.30. The lowest BCUT2D eigenvalue weighted by molar-refractivity contribution is 0.153. The number of aromatic nitrogens is 1. The van der Waals surface area contributed by atoms with Crippen LogP contribution in [0.4, 0.5) is 0 Å². The van der Waals surface area contributed by atoms with Crippen LogP contribution < -0.4 is 4.74 Å². The molecule has 4 rings (SSSR count). The molecule has 5 heteroatoms. The average Bonchev–Trinajstić information content (AvgIpc) is 3.15. The summed E-state index contributed by atoms with van der Waals surface area (Å²) < 4.78 is 5.36. The van der Waals surface area contributed by atoms with E-state index in [2.05, 4.69) is 11.0 Å². The molecule has 1 aromatic heterocycles. The third-order valence-electron chi connectivity index (χ3n) is 5.30. The number of hydrogen-bond donors (Lipinski definition) is 1. The normalized spacial score (nSPS) is 17.5. The van der Waals surface area contributed by atoms with Gasteiger partial charge in [0.25, 0.3) is 0 Å². The van der Waals surface area contributed by atoms with Crippen molar-refractivity contribution in [3.63, 3.8) is 0 Å². The smallest absolute Gasteiger partial charge is 0.121 e. The Kier molecular flexibility index (Phi) is 5.30. The maximum absolute atomic E-state index is 9.67. The molecule has 0 amide bonds. The summed E-state index contributed by atoms with van der Waals surface area (Å²) in [5.41, 5.74) is 4.06. The molecule has 140 valence electrons. The quantitative estimate of drug-likeness (QED) is 0.704. The molecule has 2 heterocycles. The first-order valence-electron chi connectivity index (χ1n) is 9.26. The van der Waals surface area contributed by atoms with Gasteiger partial charge in [0.15, 0.2) is 0 Å². The first kappa shape index (κ1) is 18.2. The molecule has 1 aliphatic heterocycles. The van der Waals surface area contributed by atoms with Crippen molar-refractivity contribution in [2.24, 2.45) is 0 Å². The summed E-state index contributed by atoms with van der Waals surface area (Å²) in [5.74, 6) is 0.796. The number of aliphatic hydroxyl groups excluding tert-OH is 1. The Morgan fingerprint density at radius 1 is 1.19 bits per heavy atom. The maximum Gasteiger partial charge on any atom is 0.121 e. The lowest BCUT2D eigenvalue weighted by Gasteiger charge is -2.24. The van der Waals surface area contributed by atoms with E-state index in [1.54, 1.807) is 7.11 Å². The highest BCUT2D eigenvalue weighted by Gasteiger charge is 2.25. The molecule has 0 unspecified atom stereocenters. The lowest BCUT2D eigenvalue weighted by atomic mass is 10.0. The van der Waals surface area contributed by atoms with Crippen molar-refractivity contribution >= 4 is 22.5 Å². The Morgan fingerprint density at radius 3 is 2.74 bits per heavy atom. The van der Waals surface area contributed by atoms with Gasteiger partial charge in [0, 0.05) is 34.6 Å². The van der Waals surface area contributed by atoms with E-state index in [0.717, 1.165) is 59.4 Å². The van der Waals surface area contributed by atoms with E-state index in [0.29, 0.717) is 5.02 Å². The minimum absolute atomic E-state index is 0.203. The Morgan fingerprint density at radius 2 is 2.00 bits per heavy atom. The largest absolute Gasteiger partial charge is 0.497 e. The fourth-order valence-corrected chi connectivity index (χ4v) is 3.95. The summed E-state index contributed by atoms with van der Waals surface area (Å²) >= 11 is 6.08. The fraction of sp³-hybridized carbons (Fsp3) is 0.318. The van der Waals surface area contributed by atoms with Crippen LogP contribution in [0.3, 0.4) is 0 Å². The topological polar surface area (TPSA) is 45.6 Å². The number of nitrogens with zero attached hydrogens (tertiary/aromatic N) is 2. The third kappa shape index (κ3) is 3.79. The number of fused-ring (bicyclic) bond motifs is 1. The van der Waals surface area contributed by atoms with Crippen molar-refractivity contribution < 1.29 is 9.84 Å². The maximum atomic E-state index is 9.67. The molecule has 3 aromatic rings. The molecule has 1 aliphatic rings. The summed E-state index contributed by atoms with van der Waals surface area (Å²) in [7, 11) is 1.66. The highest BCUT2D eigenvalue weighted by Crippen LogP contribution is 2.31. The van der Waals surface area contributed by atoms with Crippen LogP contribution in [0, 0.1) is 0 Å². The summed E-state index contributed by atoms with van der Waals surface area (Å²) in [6.45, 7) is 1.98. The van der Waals surface area contributed by atoms with Gasteiger partial charge in [0.1, 0.15) is 5.75 Å². The van der Waals surface area contributed by atoms with Crippen molar-refractivity contribution in [1.29, 1.82) is 0 Å². The molecule has 1 fully saturated rings. The number of methoxy groups -OCH3 is 1. The third-order valence-corrected chi connectivity index (χ3v) is 5.56. The Balaban J connectivity index is 1.81. The molecule has 0 radical (unpaired) electrons. The monoisotopic (exact) mass is 382 g/mol. The van der Waals surface area contributed by atoms with E-state index >= 15 is 0 Å². The molecular formula is C22H23ClN2O2. The van der Waals surface area contributed by atoms with Crippen LogP contribution in [0.15, 0.2) is 48.5 Å². The molecule has 1 atom stereocenters. The van der Waals surface area contributed by atoms with Crippen LogP contribution in [0.1, 0.15) is 18.4 Å². The van der Waals surface area contributed by atoms with Crippen LogP contribution in [-0.2, 0) is 6.54 Å². The van der Waals surface area contributed by atoms with Crippen molar-refractivity contribution in [3.8, 4) is 17.0 Å². The summed E-state index contributed by atoms with van der Waals surface area (Å²) in [6, 6.07) is 16.2. The standard InChI is InChI=1S/C22H23ClN2O2/c1-27-20-9-6-16-11-17(13-25-10-2-3-19(25)14-26)22(24-21(16)12-20)15-4-7-18(23)8-5-15/h4-9,11-12,19,26H,2-3,10,13-14H2,1H3/t19-/m1/s1. The molecule has 2 aromatic carbocycles. The van der Waals surface area contributed by atoms with Crippen molar-refractivity contribution in [2.75, 3.05) is 20.3 Å². The van der Waals surface area contributed by atoms with Gasteiger partial charge in [-0.15, -0.1) is 0 Å². The molecule has 0 saturated carbocycles. The van der Waals surface area contributed by atoms with Gasteiger partial charge in [0.05, 0.1) is 24.9 Å². The zero-order chi connectivity index (χ0) is 18.8. The molecule has 0 spiro atoms. The van der Waals surface area contributed by atoms with Gasteiger partial charge in [-0.25, -0.2) is 4.98 Å². The minimum Gasteiger partial charge on any atom is -0.497 e. The van der Waals surface area contributed by atoms with E-state index in [-0.39, 0.29) is 12.6 Å². The SMILES string of the molecule is COc1ccc2cc(CN3CCC[C@@H]3CO)c(-c3ccc(Cl)cc3)nc2c1. The second-order valence-corrected chi connectivity index (χ2v) is 7.45. The van der Waals surface area contributed by atoms with Gasteiger partial charge in [-0.1, -0.05) is 23.7 Å². The number of ether oxygens (including phenoxy) is 1. The average molecular weight is 383 g/mol. The van der Waals surface area contributed by atoms with Crippen molar-refractivity contribution in [1.82, 2.24) is 9.88 Å². The van der Waals surface area contributed by atoms with Gasteiger partial charge in [0.2, 0.25) is 0 Å². The number of benzene rings is 2. The van der Waals surface area contributed by atoms with Gasteiger partial charge in [-0.3, -0.25) is 4.90 Å². The molecule has 1 N–H and O–H groups in total. The zero-order valence-electron chi connectivity index (χ0n) is 15.4. The van der Waals surface area contributed by atoms with Gasteiger partial charge in [-0.05, 0) is 55.3 Å². The van der Waals surface area contributed by atoms with Crippen molar-refractivity contribution in [3.05, 3.63) is 59.1 Å². The van der Waals surface area contributed by atoms with Crippen LogP contribution in [0.2, 0.25) is 5.02 Å². The molecular weight excluding hydrogens is 360 g/mol. The second-order valence-electron chi connectivity index (χ2n) is 7.01. The number of rotatable bonds is 5. The summed E-state index contributed by atoms with van der Waals surface area (Å²) in [6.07, 6.45) is 2.17. The summed E-state index contributed by atoms with van der Waals surface area (Å²) in [4.78, 5) is 7.32. The van der Waals surface area contributed by atoms with Crippen LogP contribution >= 0.6 is 11.6 Å². The minimum atomic E-state index is 0.203.